The first-order chi connectivity index (χ1) is 16.1. The fourth-order valence-corrected chi connectivity index (χ4v) is 4.08. The number of H-pyrrole nitrogens is 2. The largest absolute Gasteiger partial charge is 0.348 e. The third kappa shape index (κ3) is 4.15. The Labute approximate surface area is 187 Å². The van der Waals surface area contributed by atoms with Gasteiger partial charge in [-0.15, -0.1) is 0 Å². The molecule has 0 spiro atoms. The number of nitrogens with one attached hydrogen (secondary N) is 4. The molecular formula is C23H20FN7O2. The van der Waals surface area contributed by atoms with E-state index in [4.69, 9.17) is 0 Å². The van der Waals surface area contributed by atoms with Crippen molar-refractivity contribution < 1.29 is 9.18 Å². The molecule has 5 rings (SSSR count). The lowest BCUT2D eigenvalue weighted by atomic mass is 9.99. The molecule has 1 amide bonds. The second-order valence-electron chi connectivity index (χ2n) is 7.67. The molecular weight excluding hydrogens is 425 g/mol. The molecule has 1 aromatic carbocycles. The summed E-state index contributed by atoms with van der Waals surface area (Å²) in [4.78, 5) is 44.7. The van der Waals surface area contributed by atoms with Gasteiger partial charge in [-0.3, -0.25) is 24.9 Å². The average molecular weight is 445 g/mol. The molecule has 3 aromatic heterocycles. The first-order valence-electron chi connectivity index (χ1n) is 10.4. The SMILES string of the molecule is O=C(Nc1nc(-c2ccncc2)c(-c2ccc(F)cc2)c(=O)[nH]1)[C@H]1NCCC1c1ncc[nH]1. The summed E-state index contributed by atoms with van der Waals surface area (Å²) in [6.07, 6.45) is 7.29. The van der Waals surface area contributed by atoms with Crippen LogP contribution in [0.25, 0.3) is 22.4 Å². The number of anilines is 1. The fraction of sp³-hybridized carbons (Fsp3) is 0.174. The third-order valence-electron chi connectivity index (χ3n) is 5.62. The van der Waals surface area contributed by atoms with Crippen molar-refractivity contribution >= 4 is 11.9 Å². The van der Waals surface area contributed by atoms with E-state index in [0.29, 0.717) is 23.4 Å². The first-order valence-corrected chi connectivity index (χ1v) is 10.4. The summed E-state index contributed by atoms with van der Waals surface area (Å²) in [7, 11) is 0. The summed E-state index contributed by atoms with van der Waals surface area (Å²) in [5, 5.41) is 5.91. The number of nitrogens with zero attached hydrogens (tertiary/aromatic N) is 3. The van der Waals surface area contributed by atoms with Gasteiger partial charge in [0.1, 0.15) is 11.6 Å². The van der Waals surface area contributed by atoms with Crippen LogP contribution in [0.5, 0.6) is 0 Å². The first kappa shape index (κ1) is 20.7. The molecule has 1 unspecified atom stereocenters. The van der Waals surface area contributed by atoms with Gasteiger partial charge in [0.05, 0.1) is 17.3 Å². The van der Waals surface area contributed by atoms with Gasteiger partial charge in [-0.1, -0.05) is 12.1 Å². The van der Waals surface area contributed by atoms with Crippen LogP contribution in [0.15, 0.2) is 66.0 Å². The Balaban J connectivity index is 1.51. The maximum absolute atomic E-state index is 13.4. The van der Waals surface area contributed by atoms with E-state index in [-0.39, 0.29) is 23.3 Å². The van der Waals surface area contributed by atoms with Gasteiger partial charge in [0.15, 0.2) is 0 Å². The Kier molecular flexibility index (Phi) is 5.49. The van der Waals surface area contributed by atoms with E-state index in [9.17, 15) is 14.0 Å². The molecule has 1 aliphatic rings. The molecule has 0 radical (unpaired) electrons. The lowest BCUT2D eigenvalue weighted by molar-refractivity contribution is -0.118. The molecule has 0 saturated carbocycles. The topological polar surface area (TPSA) is 128 Å². The number of rotatable bonds is 5. The van der Waals surface area contributed by atoms with E-state index in [1.807, 2.05) is 0 Å². The van der Waals surface area contributed by atoms with E-state index in [2.05, 4.69) is 35.6 Å². The van der Waals surface area contributed by atoms with Crippen LogP contribution in [-0.4, -0.2) is 43.4 Å². The minimum atomic E-state index is -0.525. The average Bonchev–Trinajstić information content (AvgIpc) is 3.52. The molecule has 10 heteroatoms. The summed E-state index contributed by atoms with van der Waals surface area (Å²) in [6, 6.07) is 8.49. The molecule has 2 atom stereocenters. The van der Waals surface area contributed by atoms with E-state index in [0.717, 1.165) is 12.2 Å². The molecule has 1 aliphatic heterocycles. The van der Waals surface area contributed by atoms with Gasteiger partial charge >= 0.3 is 0 Å². The van der Waals surface area contributed by atoms with Crippen molar-refractivity contribution in [3.05, 3.63) is 83.2 Å². The summed E-state index contributed by atoms with van der Waals surface area (Å²) >= 11 is 0. The number of hydrogen-bond donors (Lipinski definition) is 4. The van der Waals surface area contributed by atoms with Crippen LogP contribution in [0.4, 0.5) is 10.3 Å². The number of halogens is 1. The number of carbonyl (C=O) groups is 1. The molecule has 33 heavy (non-hydrogen) atoms. The number of aromatic nitrogens is 5. The van der Waals surface area contributed by atoms with Crippen molar-refractivity contribution in [1.82, 2.24) is 30.2 Å². The van der Waals surface area contributed by atoms with Crippen LogP contribution < -0.4 is 16.2 Å². The lowest BCUT2D eigenvalue weighted by Crippen LogP contribution is -2.40. The maximum atomic E-state index is 13.4. The number of carbonyl (C=O) groups excluding carboxylic acids is 1. The molecule has 1 fully saturated rings. The highest BCUT2D eigenvalue weighted by Crippen LogP contribution is 2.29. The Morgan fingerprint density at radius 2 is 1.85 bits per heavy atom. The van der Waals surface area contributed by atoms with Crippen LogP contribution in [0.1, 0.15) is 18.2 Å². The van der Waals surface area contributed by atoms with Gasteiger partial charge in [-0.25, -0.2) is 14.4 Å². The molecule has 4 aromatic rings. The monoisotopic (exact) mass is 445 g/mol. The second-order valence-corrected chi connectivity index (χ2v) is 7.67. The van der Waals surface area contributed by atoms with E-state index < -0.39 is 17.4 Å². The standard InChI is InChI=1S/C23H20FN7O2/c24-15-3-1-13(2-4-15)17-18(14-5-8-25-9-6-14)29-23(30-21(17)32)31-22(33)19-16(7-10-26-19)20-27-11-12-28-20/h1-6,8-9,11-12,16,19,26H,7,10H2,(H,27,28)(H2,29,30,31,32,33)/t16?,19-/m0/s1. The van der Waals surface area contributed by atoms with Gasteiger partial charge in [-0.05, 0) is 42.8 Å². The van der Waals surface area contributed by atoms with E-state index in [1.54, 1.807) is 36.9 Å². The zero-order chi connectivity index (χ0) is 22.8. The zero-order valence-corrected chi connectivity index (χ0v) is 17.4. The van der Waals surface area contributed by atoms with Gasteiger partial charge < -0.3 is 10.3 Å². The minimum Gasteiger partial charge on any atom is -0.348 e. The van der Waals surface area contributed by atoms with Crippen molar-refractivity contribution in [2.45, 2.75) is 18.4 Å². The van der Waals surface area contributed by atoms with Gasteiger partial charge in [0.25, 0.3) is 5.56 Å². The number of imidazole rings is 1. The molecule has 166 valence electrons. The Morgan fingerprint density at radius 3 is 2.58 bits per heavy atom. The number of aromatic amines is 2. The fourth-order valence-electron chi connectivity index (χ4n) is 4.08. The van der Waals surface area contributed by atoms with Gasteiger partial charge in [0, 0.05) is 36.3 Å². The van der Waals surface area contributed by atoms with Crippen molar-refractivity contribution in [2.24, 2.45) is 0 Å². The van der Waals surface area contributed by atoms with Crippen LogP contribution >= 0.6 is 0 Å². The highest BCUT2D eigenvalue weighted by atomic mass is 19.1. The van der Waals surface area contributed by atoms with Crippen molar-refractivity contribution in [2.75, 3.05) is 11.9 Å². The van der Waals surface area contributed by atoms with Crippen molar-refractivity contribution in [1.29, 1.82) is 0 Å². The quantitative estimate of drug-likeness (QED) is 0.374. The Morgan fingerprint density at radius 1 is 1.06 bits per heavy atom. The van der Waals surface area contributed by atoms with E-state index in [1.165, 1.54) is 24.3 Å². The number of benzene rings is 1. The molecule has 4 heterocycles. The zero-order valence-electron chi connectivity index (χ0n) is 17.4. The summed E-state index contributed by atoms with van der Waals surface area (Å²) in [5.74, 6) is -0.106. The van der Waals surface area contributed by atoms with Gasteiger partial charge in [0.2, 0.25) is 11.9 Å². The molecule has 4 N–H and O–H groups in total. The predicted molar refractivity (Wildman–Crippen MR) is 120 cm³/mol. The minimum absolute atomic E-state index is 0.0227. The molecule has 1 saturated heterocycles. The van der Waals surface area contributed by atoms with Crippen LogP contribution in [-0.2, 0) is 4.79 Å². The number of amides is 1. The second kappa shape index (κ2) is 8.75. The van der Waals surface area contributed by atoms with Crippen LogP contribution in [0, 0.1) is 5.82 Å². The Hall–Kier alpha value is -4.18. The number of hydrogen-bond acceptors (Lipinski definition) is 6. The normalized spacial score (nSPS) is 17.7. The summed E-state index contributed by atoms with van der Waals surface area (Å²) in [6.45, 7) is 0.666. The summed E-state index contributed by atoms with van der Waals surface area (Å²) in [5.41, 5.74) is 1.31. The Bertz CT molecular complexity index is 1320. The highest BCUT2D eigenvalue weighted by molar-refractivity contribution is 5.95. The lowest BCUT2D eigenvalue weighted by Gasteiger charge is -2.18. The van der Waals surface area contributed by atoms with Crippen molar-refractivity contribution in [3.63, 3.8) is 0 Å². The third-order valence-corrected chi connectivity index (χ3v) is 5.62. The molecule has 0 aliphatic carbocycles. The highest BCUT2D eigenvalue weighted by Gasteiger charge is 2.35. The molecule has 0 bridgehead atoms. The predicted octanol–water partition coefficient (Wildman–Crippen LogP) is 2.45. The maximum Gasteiger partial charge on any atom is 0.260 e. The van der Waals surface area contributed by atoms with Crippen LogP contribution in [0.3, 0.4) is 0 Å². The smallest absolute Gasteiger partial charge is 0.260 e. The number of pyridine rings is 1. The summed E-state index contributed by atoms with van der Waals surface area (Å²) < 4.78 is 13.4. The molecule has 9 nitrogen and oxygen atoms in total. The van der Waals surface area contributed by atoms with Crippen LogP contribution in [0.2, 0.25) is 0 Å². The van der Waals surface area contributed by atoms with Crippen molar-refractivity contribution in [3.8, 4) is 22.4 Å². The van der Waals surface area contributed by atoms with E-state index >= 15 is 0 Å². The van der Waals surface area contributed by atoms with Gasteiger partial charge in [-0.2, -0.15) is 0 Å².